The summed E-state index contributed by atoms with van der Waals surface area (Å²) < 4.78 is 0. The molecule has 0 bridgehead atoms. The van der Waals surface area contributed by atoms with Gasteiger partial charge in [-0.25, -0.2) is 0 Å². The van der Waals surface area contributed by atoms with Gasteiger partial charge < -0.3 is 0 Å². The van der Waals surface area contributed by atoms with Crippen LogP contribution in [0.15, 0.2) is 0 Å². The molecule has 10 heavy (non-hydrogen) atoms. The van der Waals surface area contributed by atoms with Crippen LogP contribution in [-0.4, -0.2) is 31.9 Å². The third-order valence-corrected chi connectivity index (χ3v) is 1.69. The van der Waals surface area contributed by atoms with Crippen LogP contribution in [0.5, 0.6) is 0 Å². The maximum absolute atomic E-state index is 2.46. The van der Waals surface area contributed by atoms with Crippen molar-refractivity contribution in [2.75, 3.05) is 6.54 Å². The van der Waals surface area contributed by atoms with E-state index in [9.17, 15) is 0 Å². The summed E-state index contributed by atoms with van der Waals surface area (Å²) in [6.45, 7) is 12.3. The summed E-state index contributed by atoms with van der Waals surface area (Å²) in [4.78, 5) is 2.46. The molecule has 1 nitrogen and oxygen atoms in total. The molecule has 0 spiro atoms. The molecule has 59 valence electrons. The first-order valence-electron chi connectivity index (χ1n) is 3.85. The van der Waals surface area contributed by atoms with E-state index in [-0.39, 0.29) is 8.41 Å². The first kappa shape index (κ1) is 12.7. The van der Waals surface area contributed by atoms with E-state index in [1.807, 2.05) is 0 Å². The zero-order chi connectivity index (χ0) is 7.44. The molecule has 0 saturated heterocycles. The van der Waals surface area contributed by atoms with Crippen LogP contribution in [0.3, 0.4) is 0 Å². The van der Waals surface area contributed by atoms with Gasteiger partial charge in [-0.05, 0) is 34.2 Å². The van der Waals surface area contributed by atoms with Crippen molar-refractivity contribution in [3.63, 3.8) is 0 Å². The molecule has 0 atom stereocenters. The Morgan fingerprint density at radius 3 is 1.30 bits per heavy atom. The molecule has 2 heteroatoms. The Kier molecular flexibility index (Phi) is 7.33. The van der Waals surface area contributed by atoms with Crippen molar-refractivity contribution in [2.45, 2.75) is 46.7 Å². The summed E-state index contributed by atoms with van der Waals surface area (Å²) in [6, 6.07) is 1.38. The maximum atomic E-state index is 2.46. The van der Waals surface area contributed by atoms with E-state index in [2.05, 4.69) is 39.5 Å². The Hall–Kier alpha value is 0.0249. The minimum absolute atomic E-state index is 0. The second-order valence-electron chi connectivity index (χ2n) is 3.02. The molecule has 0 aliphatic rings. The summed E-state index contributed by atoms with van der Waals surface area (Å²) in [5.41, 5.74) is 0. The van der Waals surface area contributed by atoms with Crippen molar-refractivity contribution >= 4 is 8.41 Å². The summed E-state index contributed by atoms with van der Waals surface area (Å²) in [6.07, 6.45) is 0. The first-order valence-corrected chi connectivity index (χ1v) is 3.85. The van der Waals surface area contributed by atoms with Crippen molar-refractivity contribution in [1.29, 1.82) is 0 Å². The molecular weight excluding hydrogens is 121 g/mol. The molecule has 3 radical (unpaired) electrons. The molecule has 0 unspecified atom stereocenters. The lowest BCUT2D eigenvalue weighted by Crippen LogP contribution is -2.36. The third-order valence-electron chi connectivity index (χ3n) is 1.69. The van der Waals surface area contributed by atoms with Gasteiger partial charge in [0, 0.05) is 20.5 Å². The van der Waals surface area contributed by atoms with Gasteiger partial charge in [0.25, 0.3) is 0 Å². The minimum atomic E-state index is 0. The predicted octanol–water partition coefficient (Wildman–Crippen LogP) is 1.74. The summed E-state index contributed by atoms with van der Waals surface area (Å²) in [7, 11) is 0. The molecule has 0 rings (SSSR count). The van der Waals surface area contributed by atoms with E-state index in [4.69, 9.17) is 0 Å². The normalized spacial score (nSPS) is 10.8. The third kappa shape index (κ3) is 3.94. The Morgan fingerprint density at radius 2 is 1.30 bits per heavy atom. The van der Waals surface area contributed by atoms with E-state index in [0.717, 1.165) is 6.54 Å². The zero-order valence-corrected chi connectivity index (χ0v) is 7.89. The van der Waals surface area contributed by atoms with Crippen molar-refractivity contribution < 1.29 is 0 Å². The molecule has 0 aromatic rings. The number of hydrogen-bond acceptors (Lipinski definition) is 1. The van der Waals surface area contributed by atoms with Crippen LogP contribution in [0.2, 0.25) is 0 Å². The van der Waals surface area contributed by atoms with Gasteiger partial charge >= 0.3 is 0 Å². The van der Waals surface area contributed by atoms with Crippen molar-refractivity contribution in [2.24, 2.45) is 0 Å². The Morgan fingerprint density at radius 1 is 1.00 bits per heavy atom. The highest BCUT2D eigenvalue weighted by Gasteiger charge is 2.08. The minimum Gasteiger partial charge on any atom is -0.299 e. The van der Waals surface area contributed by atoms with Crippen molar-refractivity contribution in [3.8, 4) is 0 Å². The highest BCUT2D eigenvalue weighted by molar-refractivity contribution is 5.75. The van der Waals surface area contributed by atoms with Gasteiger partial charge in [0.05, 0.1) is 0 Å². The average molecular weight is 140 g/mol. The van der Waals surface area contributed by atoms with Crippen molar-refractivity contribution in [3.05, 3.63) is 0 Å². The van der Waals surface area contributed by atoms with Crippen LogP contribution >= 0.6 is 0 Å². The van der Waals surface area contributed by atoms with E-state index in [1.165, 1.54) is 0 Å². The highest BCUT2D eigenvalue weighted by Crippen LogP contribution is 2.02. The van der Waals surface area contributed by atoms with Crippen LogP contribution in [0.1, 0.15) is 34.6 Å². The average Bonchev–Trinajstić information content (AvgIpc) is 1.64. The van der Waals surface area contributed by atoms with Crippen LogP contribution in [0, 0.1) is 0 Å². The topological polar surface area (TPSA) is 3.24 Å². The molecule has 0 heterocycles. The van der Waals surface area contributed by atoms with E-state index < -0.39 is 0 Å². The standard InChI is InChI=1S/C8H19N.B/c1-6-9(7(2)3)8(4)5;/h7-8H,6H2,1-5H3;. The van der Waals surface area contributed by atoms with Crippen LogP contribution in [0.25, 0.3) is 0 Å². The van der Waals surface area contributed by atoms with Crippen LogP contribution in [0.4, 0.5) is 0 Å². The molecular formula is C8H19BN. The SMILES string of the molecule is CCN(C(C)C)C(C)C.[B]. The summed E-state index contributed by atoms with van der Waals surface area (Å²) in [5.74, 6) is 0. The quantitative estimate of drug-likeness (QED) is 0.539. The lowest BCUT2D eigenvalue weighted by molar-refractivity contribution is 0.185. The number of nitrogens with zero attached hydrogens (tertiary/aromatic N) is 1. The van der Waals surface area contributed by atoms with Crippen molar-refractivity contribution in [1.82, 2.24) is 4.90 Å². The second-order valence-corrected chi connectivity index (χ2v) is 3.02. The first-order chi connectivity index (χ1) is 4.09. The Labute approximate surface area is 67.4 Å². The monoisotopic (exact) mass is 140 g/mol. The summed E-state index contributed by atoms with van der Waals surface area (Å²) >= 11 is 0. The van der Waals surface area contributed by atoms with Gasteiger partial charge in [-0.15, -0.1) is 0 Å². The smallest absolute Gasteiger partial charge is 0.00411 e. The lowest BCUT2D eigenvalue weighted by Gasteiger charge is -2.28. The molecule has 0 aromatic carbocycles. The largest absolute Gasteiger partial charge is 0.299 e. The van der Waals surface area contributed by atoms with Gasteiger partial charge in [-0.3, -0.25) is 4.90 Å². The number of rotatable bonds is 3. The van der Waals surface area contributed by atoms with Crippen LogP contribution < -0.4 is 0 Å². The molecule has 0 aliphatic heterocycles. The Bertz CT molecular complexity index is 63.7. The zero-order valence-electron chi connectivity index (χ0n) is 7.89. The molecule has 0 aromatic heterocycles. The van der Waals surface area contributed by atoms with Gasteiger partial charge in [-0.1, -0.05) is 6.92 Å². The molecule has 0 amide bonds. The highest BCUT2D eigenvalue weighted by atomic mass is 15.2. The van der Waals surface area contributed by atoms with E-state index in [0.29, 0.717) is 12.1 Å². The molecule has 0 aliphatic carbocycles. The summed E-state index contributed by atoms with van der Waals surface area (Å²) in [5, 5.41) is 0. The molecule has 0 saturated carbocycles. The lowest BCUT2D eigenvalue weighted by atomic mass is 10.2. The maximum Gasteiger partial charge on any atom is 0.00411 e. The molecule has 0 N–H and O–H groups in total. The fourth-order valence-corrected chi connectivity index (χ4v) is 1.33. The van der Waals surface area contributed by atoms with Gasteiger partial charge in [0.2, 0.25) is 0 Å². The van der Waals surface area contributed by atoms with E-state index in [1.54, 1.807) is 0 Å². The number of hydrogen-bond donors (Lipinski definition) is 0. The van der Waals surface area contributed by atoms with Gasteiger partial charge in [0.1, 0.15) is 0 Å². The fraction of sp³-hybridized carbons (Fsp3) is 1.00. The fourth-order valence-electron chi connectivity index (χ4n) is 1.33. The molecule has 0 fully saturated rings. The Balaban J connectivity index is 0. The predicted molar refractivity (Wildman–Crippen MR) is 48.4 cm³/mol. The van der Waals surface area contributed by atoms with E-state index >= 15 is 0 Å². The van der Waals surface area contributed by atoms with Gasteiger partial charge in [0.15, 0.2) is 0 Å². The second kappa shape index (κ2) is 5.78. The van der Waals surface area contributed by atoms with Gasteiger partial charge in [-0.2, -0.15) is 0 Å². The van der Waals surface area contributed by atoms with Crippen LogP contribution in [-0.2, 0) is 0 Å².